The number of aromatic nitrogens is 2. The molecule has 0 spiro atoms. The summed E-state index contributed by atoms with van der Waals surface area (Å²) in [6, 6.07) is 25.8. The third-order valence-electron chi connectivity index (χ3n) is 10.5. The number of fused-ring (bicyclic) bond motifs is 2. The average molecular weight is 761 g/mol. The Bertz CT molecular complexity index is 2270. The lowest BCUT2D eigenvalue weighted by Crippen LogP contribution is -2.49. The molecule has 5 aromatic rings. The Labute approximate surface area is 325 Å². The number of halogens is 2. The third-order valence-corrected chi connectivity index (χ3v) is 11.0. The van der Waals surface area contributed by atoms with Crippen molar-refractivity contribution in [1.29, 1.82) is 0 Å². The van der Waals surface area contributed by atoms with E-state index in [-0.39, 0.29) is 36.0 Å². The highest BCUT2D eigenvalue weighted by Crippen LogP contribution is 2.53. The van der Waals surface area contributed by atoms with Crippen LogP contribution in [-0.4, -0.2) is 52.0 Å². The average Bonchev–Trinajstić information content (AvgIpc) is 3.44. The molecular formula is C43H43Cl2N7O2. The van der Waals surface area contributed by atoms with Crippen molar-refractivity contribution in [3.63, 3.8) is 0 Å². The van der Waals surface area contributed by atoms with Crippen LogP contribution in [0.1, 0.15) is 78.8 Å². The van der Waals surface area contributed by atoms with E-state index in [4.69, 9.17) is 28.2 Å². The summed E-state index contributed by atoms with van der Waals surface area (Å²) >= 11 is 13.3. The van der Waals surface area contributed by atoms with Crippen molar-refractivity contribution in [3.8, 4) is 0 Å². The zero-order valence-corrected chi connectivity index (χ0v) is 32.0. The molecule has 8 rings (SSSR count). The summed E-state index contributed by atoms with van der Waals surface area (Å²) in [5.41, 5.74) is 8.02. The molecule has 276 valence electrons. The second-order valence-corrected chi connectivity index (χ2v) is 15.5. The van der Waals surface area contributed by atoms with Gasteiger partial charge in [0.05, 0.1) is 17.4 Å². The Morgan fingerprint density at radius 2 is 1.70 bits per heavy atom. The van der Waals surface area contributed by atoms with E-state index in [1.165, 1.54) is 0 Å². The van der Waals surface area contributed by atoms with Crippen molar-refractivity contribution in [2.24, 2.45) is 5.92 Å². The number of anilines is 2. The topological polar surface area (TPSA) is 105 Å². The molecule has 1 fully saturated rings. The number of carbonyl (C=O) groups excluding carboxylic acids is 2. The number of allylic oxidation sites excluding steroid dienone is 2. The number of hydrogen-bond donors (Lipinski definition) is 4. The number of amides is 3. The molecule has 5 heterocycles. The summed E-state index contributed by atoms with van der Waals surface area (Å²) in [5.74, 6) is 0.581. The van der Waals surface area contributed by atoms with Gasteiger partial charge in [-0.3, -0.25) is 4.79 Å². The maximum atomic E-state index is 14.8. The molecule has 0 radical (unpaired) electrons. The van der Waals surface area contributed by atoms with E-state index in [1.807, 2.05) is 56.3 Å². The molecule has 9 nitrogen and oxygen atoms in total. The third kappa shape index (κ3) is 6.82. The number of benzene rings is 3. The van der Waals surface area contributed by atoms with Gasteiger partial charge in [-0.05, 0) is 97.7 Å². The minimum Gasteiger partial charge on any atom is -0.355 e. The van der Waals surface area contributed by atoms with E-state index >= 15 is 0 Å². The molecule has 4 N–H and O–H groups in total. The lowest BCUT2D eigenvalue weighted by atomic mass is 9.82. The standard InChI is InChI=1S/C43H43Cl2N7O2/c1-25(2)47-43(54)48-31-17-21-51(22-18-31)41-33(12-7-19-46-41)50-42(53)38-37-36-32(23-30(45)24-34(36)49-38)39(28-13-15-29(44)16-14-28)52-20-8-9-26(3)35(40(37)52)27-10-5-4-6-11-27/h4-8,10-16,19-20,23-26,31,39,49H,9,17-18,21-22H2,1-3H3,(H,50,53)(H2,47,48,54). The number of carbonyl (C=O) groups is 2. The van der Waals surface area contributed by atoms with Gasteiger partial charge in [-0.25, -0.2) is 9.78 Å². The zero-order valence-electron chi connectivity index (χ0n) is 30.5. The summed E-state index contributed by atoms with van der Waals surface area (Å²) in [5, 5.41) is 11.5. The van der Waals surface area contributed by atoms with E-state index in [0.29, 0.717) is 40.3 Å². The number of nitrogens with one attached hydrogen (secondary N) is 4. The number of hydrogen-bond acceptors (Lipinski definition) is 5. The first-order valence-electron chi connectivity index (χ1n) is 18.6. The highest BCUT2D eigenvalue weighted by Gasteiger charge is 2.40. The summed E-state index contributed by atoms with van der Waals surface area (Å²) in [4.78, 5) is 39.9. The maximum Gasteiger partial charge on any atom is 0.315 e. The van der Waals surface area contributed by atoms with Crippen LogP contribution in [0.4, 0.5) is 16.3 Å². The molecule has 3 aliphatic rings. The zero-order chi connectivity index (χ0) is 37.5. The van der Waals surface area contributed by atoms with Crippen LogP contribution in [0.3, 0.4) is 0 Å². The van der Waals surface area contributed by atoms with Crippen LogP contribution in [-0.2, 0) is 0 Å². The summed E-state index contributed by atoms with van der Waals surface area (Å²) in [6.07, 6.45) is 8.49. The van der Waals surface area contributed by atoms with Gasteiger partial charge >= 0.3 is 6.03 Å². The largest absolute Gasteiger partial charge is 0.355 e. The molecule has 0 aliphatic carbocycles. The molecule has 54 heavy (non-hydrogen) atoms. The van der Waals surface area contributed by atoms with E-state index in [0.717, 1.165) is 63.7 Å². The SMILES string of the molecule is CC(C)NC(=O)NC1CCN(c2ncccc2NC(=O)c2[nH]c3cc(Cl)cc4c3c2C2=C(c3ccccc3)C(C)CC=CN2C4c2ccc(Cl)cc2)CC1. The number of nitrogens with zero attached hydrogens (tertiary/aromatic N) is 3. The molecule has 3 amide bonds. The predicted molar refractivity (Wildman–Crippen MR) is 219 cm³/mol. The van der Waals surface area contributed by atoms with Gasteiger partial charge in [-0.2, -0.15) is 0 Å². The van der Waals surface area contributed by atoms with Crippen LogP contribution in [0.2, 0.25) is 10.0 Å². The van der Waals surface area contributed by atoms with Gasteiger partial charge in [-0.15, -0.1) is 0 Å². The smallest absolute Gasteiger partial charge is 0.315 e. The molecule has 2 aromatic heterocycles. The molecular weight excluding hydrogens is 717 g/mol. The highest BCUT2D eigenvalue weighted by atomic mass is 35.5. The Morgan fingerprint density at radius 3 is 2.44 bits per heavy atom. The number of aromatic amines is 1. The van der Waals surface area contributed by atoms with Crippen molar-refractivity contribution in [2.75, 3.05) is 23.3 Å². The summed E-state index contributed by atoms with van der Waals surface area (Å²) in [7, 11) is 0. The maximum absolute atomic E-state index is 14.8. The fourth-order valence-corrected chi connectivity index (χ4v) is 8.56. The summed E-state index contributed by atoms with van der Waals surface area (Å²) in [6.45, 7) is 7.51. The van der Waals surface area contributed by atoms with E-state index < -0.39 is 0 Å². The van der Waals surface area contributed by atoms with Gasteiger partial charge in [0.2, 0.25) is 0 Å². The lowest BCUT2D eigenvalue weighted by Gasteiger charge is -2.39. The van der Waals surface area contributed by atoms with Crippen molar-refractivity contribution in [2.45, 2.75) is 58.2 Å². The van der Waals surface area contributed by atoms with Crippen LogP contribution in [0.5, 0.6) is 0 Å². The minimum absolute atomic E-state index is 0.0602. The molecule has 11 heteroatoms. The van der Waals surface area contributed by atoms with E-state index in [1.54, 1.807) is 6.20 Å². The van der Waals surface area contributed by atoms with E-state index in [9.17, 15) is 9.59 Å². The number of urea groups is 1. The fraction of sp³-hybridized carbons (Fsp3) is 0.279. The minimum atomic E-state index is -0.273. The van der Waals surface area contributed by atoms with Crippen LogP contribution in [0, 0.1) is 5.92 Å². The molecule has 0 saturated carbocycles. The Kier molecular flexibility index (Phi) is 9.85. The van der Waals surface area contributed by atoms with Crippen LogP contribution >= 0.6 is 23.2 Å². The Hall–Kier alpha value is -5.25. The van der Waals surface area contributed by atoms with Gasteiger partial charge in [0.1, 0.15) is 5.69 Å². The quantitative estimate of drug-likeness (QED) is 0.132. The number of H-pyrrole nitrogens is 1. The van der Waals surface area contributed by atoms with Gasteiger partial charge in [0, 0.05) is 64.1 Å². The molecule has 3 aromatic carbocycles. The molecule has 2 atom stereocenters. The number of pyridine rings is 1. The lowest BCUT2D eigenvalue weighted by molar-refractivity contribution is 0.102. The monoisotopic (exact) mass is 759 g/mol. The van der Waals surface area contributed by atoms with Crippen LogP contribution in [0.15, 0.2) is 97.3 Å². The van der Waals surface area contributed by atoms with Gasteiger partial charge < -0.3 is 30.7 Å². The molecule has 3 aliphatic heterocycles. The first kappa shape index (κ1) is 35.8. The number of rotatable bonds is 7. The second-order valence-electron chi connectivity index (χ2n) is 14.7. The normalized spacial score (nSPS) is 18.5. The van der Waals surface area contributed by atoms with Gasteiger partial charge in [0.25, 0.3) is 5.91 Å². The molecule has 0 bridgehead atoms. The second kappa shape index (κ2) is 14.9. The Balaban J connectivity index is 1.22. The van der Waals surface area contributed by atoms with Crippen molar-refractivity contribution < 1.29 is 9.59 Å². The number of piperidine rings is 1. The molecule has 1 saturated heterocycles. The van der Waals surface area contributed by atoms with Crippen molar-refractivity contribution in [1.82, 2.24) is 25.5 Å². The van der Waals surface area contributed by atoms with Crippen LogP contribution in [0.25, 0.3) is 22.2 Å². The fourth-order valence-electron chi connectivity index (χ4n) is 8.20. The van der Waals surface area contributed by atoms with Gasteiger partial charge in [0.15, 0.2) is 5.82 Å². The first-order chi connectivity index (χ1) is 26.2. The van der Waals surface area contributed by atoms with Crippen molar-refractivity contribution >= 4 is 68.8 Å². The predicted octanol–water partition coefficient (Wildman–Crippen LogP) is 9.63. The Morgan fingerprint density at radius 1 is 0.944 bits per heavy atom. The van der Waals surface area contributed by atoms with Crippen molar-refractivity contribution in [3.05, 3.63) is 135 Å². The highest BCUT2D eigenvalue weighted by molar-refractivity contribution is 6.32. The first-order valence-corrected chi connectivity index (χ1v) is 19.4. The van der Waals surface area contributed by atoms with Gasteiger partial charge in [-0.1, -0.05) is 78.7 Å². The molecule has 2 unspecified atom stereocenters. The van der Waals surface area contributed by atoms with Crippen LogP contribution < -0.4 is 20.9 Å². The van der Waals surface area contributed by atoms with E-state index in [2.05, 4.69) is 86.3 Å². The summed E-state index contributed by atoms with van der Waals surface area (Å²) < 4.78 is 0.